The summed E-state index contributed by atoms with van der Waals surface area (Å²) < 4.78 is 7.87. The SMILES string of the molecule is CC(=O)Oc1ccc2c(c1)c(C)c(-c1cc(-c3ccccc3)cs1)n2CCCCCCN(C(C)=O)C1CCCC1. The Morgan fingerprint density at radius 2 is 1.70 bits per heavy atom. The van der Waals surface area contributed by atoms with Gasteiger partial charge in [-0.15, -0.1) is 11.3 Å². The van der Waals surface area contributed by atoms with E-state index in [9.17, 15) is 9.59 Å². The maximum atomic E-state index is 12.2. The van der Waals surface area contributed by atoms with Gasteiger partial charge in [-0.05, 0) is 78.9 Å². The van der Waals surface area contributed by atoms with Crippen molar-refractivity contribution in [3.63, 3.8) is 0 Å². The summed E-state index contributed by atoms with van der Waals surface area (Å²) in [7, 11) is 0. The van der Waals surface area contributed by atoms with Crippen molar-refractivity contribution in [3.05, 3.63) is 65.5 Å². The molecule has 40 heavy (non-hydrogen) atoms. The molecule has 6 heteroatoms. The molecule has 4 aromatic rings. The molecule has 0 bridgehead atoms. The maximum Gasteiger partial charge on any atom is 0.308 e. The fourth-order valence-corrected chi connectivity index (χ4v) is 7.27. The first-order chi connectivity index (χ1) is 19.4. The van der Waals surface area contributed by atoms with Gasteiger partial charge in [-0.1, -0.05) is 56.0 Å². The first-order valence-corrected chi connectivity index (χ1v) is 15.5. The number of amides is 1. The zero-order valence-corrected chi connectivity index (χ0v) is 24.8. The van der Waals surface area contributed by atoms with E-state index in [0.29, 0.717) is 11.8 Å². The van der Waals surface area contributed by atoms with Gasteiger partial charge in [0.15, 0.2) is 0 Å². The minimum absolute atomic E-state index is 0.227. The van der Waals surface area contributed by atoms with Crippen LogP contribution in [0.15, 0.2) is 60.0 Å². The van der Waals surface area contributed by atoms with E-state index in [0.717, 1.165) is 57.0 Å². The monoisotopic (exact) mass is 556 g/mol. The zero-order chi connectivity index (χ0) is 28.1. The third-order valence-corrected chi connectivity index (χ3v) is 9.13. The minimum Gasteiger partial charge on any atom is -0.427 e. The highest BCUT2D eigenvalue weighted by Crippen LogP contribution is 2.40. The van der Waals surface area contributed by atoms with E-state index in [1.54, 1.807) is 18.3 Å². The van der Waals surface area contributed by atoms with Crippen LogP contribution in [0.1, 0.15) is 70.8 Å². The third-order valence-electron chi connectivity index (χ3n) is 8.19. The molecule has 5 nitrogen and oxygen atoms in total. The number of hydrogen-bond acceptors (Lipinski definition) is 4. The van der Waals surface area contributed by atoms with Crippen molar-refractivity contribution >= 4 is 34.1 Å². The van der Waals surface area contributed by atoms with Gasteiger partial charge >= 0.3 is 5.97 Å². The number of fused-ring (bicyclic) bond motifs is 1. The van der Waals surface area contributed by atoms with E-state index < -0.39 is 0 Å². The molecular formula is C34H40N2O3S. The summed E-state index contributed by atoms with van der Waals surface area (Å²) in [6.45, 7) is 7.14. The Balaban J connectivity index is 1.33. The van der Waals surface area contributed by atoms with Gasteiger partial charge in [-0.3, -0.25) is 9.59 Å². The lowest BCUT2D eigenvalue weighted by Gasteiger charge is -2.27. The number of hydrogen-bond donors (Lipinski definition) is 0. The number of rotatable bonds is 11. The smallest absolute Gasteiger partial charge is 0.308 e. The second-order valence-corrected chi connectivity index (χ2v) is 11.9. The van der Waals surface area contributed by atoms with Crippen LogP contribution < -0.4 is 4.74 Å². The number of carbonyl (C=O) groups excluding carboxylic acids is 2. The molecule has 1 fully saturated rings. The van der Waals surface area contributed by atoms with E-state index in [1.807, 2.05) is 18.2 Å². The van der Waals surface area contributed by atoms with Crippen molar-refractivity contribution in [1.82, 2.24) is 9.47 Å². The first kappa shape index (κ1) is 28.2. The Morgan fingerprint density at radius 1 is 0.950 bits per heavy atom. The summed E-state index contributed by atoms with van der Waals surface area (Å²) in [5, 5.41) is 3.36. The topological polar surface area (TPSA) is 51.5 Å². The number of aryl methyl sites for hydroxylation is 2. The molecule has 0 radical (unpaired) electrons. The largest absolute Gasteiger partial charge is 0.427 e. The molecule has 0 saturated heterocycles. The predicted molar refractivity (Wildman–Crippen MR) is 165 cm³/mol. The highest BCUT2D eigenvalue weighted by molar-refractivity contribution is 7.14. The Bertz CT molecular complexity index is 1460. The molecule has 0 N–H and O–H groups in total. The maximum absolute atomic E-state index is 12.2. The lowest BCUT2D eigenvalue weighted by Crippen LogP contribution is -2.37. The Hall–Kier alpha value is -3.38. The summed E-state index contributed by atoms with van der Waals surface area (Å²) in [4.78, 5) is 27.2. The Kier molecular flexibility index (Phi) is 9.05. The van der Waals surface area contributed by atoms with E-state index in [2.05, 4.69) is 58.2 Å². The van der Waals surface area contributed by atoms with Crippen LogP contribution in [-0.4, -0.2) is 33.9 Å². The van der Waals surface area contributed by atoms with E-state index in [1.165, 1.54) is 52.5 Å². The summed E-state index contributed by atoms with van der Waals surface area (Å²) in [6.07, 6.45) is 9.21. The second kappa shape index (κ2) is 12.9. The average Bonchev–Trinajstić information content (AvgIpc) is 3.69. The van der Waals surface area contributed by atoms with Crippen LogP contribution in [0.4, 0.5) is 0 Å². The molecule has 2 heterocycles. The van der Waals surface area contributed by atoms with Crippen LogP contribution in [-0.2, 0) is 16.1 Å². The molecule has 0 unspecified atom stereocenters. The first-order valence-electron chi connectivity index (χ1n) is 14.6. The van der Waals surface area contributed by atoms with Gasteiger partial charge in [0.25, 0.3) is 0 Å². The molecule has 0 spiro atoms. The quantitative estimate of drug-likeness (QED) is 0.106. The van der Waals surface area contributed by atoms with Gasteiger partial charge in [-0.25, -0.2) is 0 Å². The zero-order valence-electron chi connectivity index (χ0n) is 23.9. The normalized spacial score (nSPS) is 13.7. The molecule has 1 saturated carbocycles. The van der Waals surface area contributed by atoms with Gasteiger partial charge in [0.1, 0.15) is 5.75 Å². The highest BCUT2D eigenvalue weighted by Gasteiger charge is 2.24. The molecule has 2 aromatic heterocycles. The van der Waals surface area contributed by atoms with Gasteiger partial charge in [-0.2, -0.15) is 0 Å². The fourth-order valence-electron chi connectivity index (χ4n) is 6.24. The Labute approximate surface area is 241 Å². The lowest BCUT2D eigenvalue weighted by atomic mass is 10.1. The van der Waals surface area contributed by atoms with Crippen molar-refractivity contribution in [1.29, 1.82) is 0 Å². The number of ether oxygens (including phenoxy) is 1. The Morgan fingerprint density at radius 3 is 2.42 bits per heavy atom. The van der Waals surface area contributed by atoms with Crippen LogP contribution in [0.3, 0.4) is 0 Å². The summed E-state index contributed by atoms with van der Waals surface area (Å²) in [5.74, 6) is 0.503. The van der Waals surface area contributed by atoms with Crippen LogP contribution >= 0.6 is 11.3 Å². The molecule has 2 aromatic carbocycles. The number of aromatic nitrogens is 1. The van der Waals surface area contributed by atoms with Gasteiger partial charge in [0.05, 0.1) is 10.6 Å². The fraction of sp³-hybridized carbons (Fsp3) is 0.412. The number of unbranched alkanes of at least 4 members (excludes halogenated alkanes) is 3. The van der Waals surface area contributed by atoms with E-state index in [4.69, 9.17) is 4.74 Å². The number of thiophene rings is 1. The number of esters is 1. The minimum atomic E-state index is -0.307. The molecule has 1 amide bonds. The molecule has 5 rings (SSSR count). The van der Waals surface area contributed by atoms with Gasteiger partial charge in [0.2, 0.25) is 5.91 Å². The number of carbonyl (C=O) groups is 2. The van der Waals surface area contributed by atoms with Crippen molar-refractivity contribution < 1.29 is 14.3 Å². The molecular weight excluding hydrogens is 516 g/mol. The second-order valence-electron chi connectivity index (χ2n) is 11.0. The van der Waals surface area contributed by atoms with Crippen molar-refractivity contribution in [3.8, 4) is 27.4 Å². The van der Waals surface area contributed by atoms with E-state index >= 15 is 0 Å². The van der Waals surface area contributed by atoms with Crippen molar-refractivity contribution in [2.45, 2.75) is 84.7 Å². The third kappa shape index (κ3) is 6.33. The molecule has 0 atom stereocenters. The van der Waals surface area contributed by atoms with Gasteiger partial charge < -0.3 is 14.2 Å². The van der Waals surface area contributed by atoms with Crippen LogP contribution in [0.5, 0.6) is 5.75 Å². The van der Waals surface area contributed by atoms with E-state index in [-0.39, 0.29) is 11.9 Å². The van der Waals surface area contributed by atoms with Crippen molar-refractivity contribution in [2.75, 3.05) is 6.54 Å². The summed E-state index contributed by atoms with van der Waals surface area (Å²) in [5.41, 5.74) is 6.07. The lowest BCUT2D eigenvalue weighted by molar-refractivity contribution is -0.132. The van der Waals surface area contributed by atoms with Gasteiger partial charge in [0, 0.05) is 43.9 Å². The van der Waals surface area contributed by atoms with Crippen LogP contribution in [0.25, 0.3) is 32.6 Å². The standard InChI is InChI=1S/C34H40N2O3S/c1-24-31-22-30(39-26(3)38)17-18-32(31)36(34(24)33-21-28(23-40-33)27-13-7-6-8-14-27)20-12-5-4-11-19-35(25(2)37)29-15-9-10-16-29/h6-8,13-14,17-18,21-23,29H,4-5,9-12,15-16,19-20H2,1-3H3. The van der Waals surface area contributed by atoms with Crippen LogP contribution in [0.2, 0.25) is 0 Å². The summed E-state index contributed by atoms with van der Waals surface area (Å²) >= 11 is 1.78. The van der Waals surface area contributed by atoms with Crippen molar-refractivity contribution in [2.24, 2.45) is 0 Å². The average molecular weight is 557 g/mol. The molecule has 0 aliphatic heterocycles. The molecule has 1 aliphatic carbocycles. The predicted octanol–water partition coefficient (Wildman–Crippen LogP) is 8.62. The number of nitrogens with zero attached hydrogens (tertiary/aromatic N) is 2. The highest BCUT2D eigenvalue weighted by atomic mass is 32.1. The number of benzene rings is 2. The molecule has 1 aliphatic rings. The molecule has 210 valence electrons. The summed E-state index contributed by atoms with van der Waals surface area (Å²) in [6, 6.07) is 19.2. The van der Waals surface area contributed by atoms with Crippen LogP contribution in [0, 0.1) is 6.92 Å².